The van der Waals surface area contributed by atoms with Crippen molar-refractivity contribution >= 4 is 16.9 Å². The van der Waals surface area contributed by atoms with Crippen LogP contribution < -0.4 is 10.7 Å². The Morgan fingerprint density at radius 3 is 2.62 bits per heavy atom. The molecule has 4 nitrogen and oxygen atoms in total. The largest absolute Gasteiger partial charge is 0.455 e. The highest BCUT2D eigenvalue weighted by molar-refractivity contribution is 6.05. The van der Waals surface area contributed by atoms with E-state index in [0.717, 1.165) is 5.56 Å². The predicted octanol–water partition coefficient (Wildman–Crippen LogP) is 3.13. The fourth-order valence-electron chi connectivity index (χ4n) is 2.58. The molecule has 1 amide bonds. The van der Waals surface area contributed by atoms with Gasteiger partial charge in [-0.15, -0.1) is 6.42 Å². The van der Waals surface area contributed by atoms with Gasteiger partial charge in [0.2, 0.25) is 0 Å². The van der Waals surface area contributed by atoms with Gasteiger partial charge in [0.25, 0.3) is 5.91 Å². The van der Waals surface area contributed by atoms with Crippen molar-refractivity contribution in [3.8, 4) is 23.7 Å². The molecule has 0 fully saturated rings. The van der Waals surface area contributed by atoms with E-state index < -0.39 is 0 Å². The molecule has 0 aliphatic heterocycles. The lowest BCUT2D eigenvalue weighted by Gasteiger charge is -2.10. The van der Waals surface area contributed by atoms with Crippen molar-refractivity contribution in [1.82, 2.24) is 5.32 Å². The van der Waals surface area contributed by atoms with Gasteiger partial charge in [0.15, 0.2) is 11.0 Å². The van der Waals surface area contributed by atoms with E-state index in [-0.39, 0.29) is 29.0 Å². The molecule has 1 heterocycles. The maximum atomic E-state index is 12.7. The third-order valence-corrected chi connectivity index (χ3v) is 3.78. The van der Waals surface area contributed by atoms with Crippen LogP contribution >= 0.6 is 0 Å². The Kier molecular flexibility index (Phi) is 4.17. The number of hydrogen-bond donors (Lipinski definition) is 1. The minimum atomic E-state index is -0.371. The first-order valence-corrected chi connectivity index (χ1v) is 7.47. The highest BCUT2D eigenvalue weighted by atomic mass is 16.3. The molecule has 3 rings (SSSR count). The van der Waals surface area contributed by atoms with Gasteiger partial charge in [-0.25, -0.2) is 0 Å². The maximum absolute atomic E-state index is 12.7. The van der Waals surface area contributed by atoms with Gasteiger partial charge in [0, 0.05) is 11.1 Å². The zero-order valence-electron chi connectivity index (χ0n) is 13.1. The first-order valence-electron chi connectivity index (χ1n) is 7.47. The van der Waals surface area contributed by atoms with E-state index in [2.05, 4.69) is 11.2 Å². The van der Waals surface area contributed by atoms with Crippen LogP contribution in [0, 0.1) is 19.3 Å². The van der Waals surface area contributed by atoms with Crippen molar-refractivity contribution in [1.29, 1.82) is 0 Å². The first kappa shape index (κ1) is 15.6. The zero-order chi connectivity index (χ0) is 17.1. The van der Waals surface area contributed by atoms with Gasteiger partial charge < -0.3 is 9.73 Å². The van der Waals surface area contributed by atoms with E-state index in [1.54, 1.807) is 25.1 Å². The van der Waals surface area contributed by atoms with Gasteiger partial charge in [0.05, 0.1) is 17.5 Å². The van der Waals surface area contributed by atoms with Crippen LogP contribution in [0.1, 0.15) is 15.9 Å². The molecule has 3 aromatic rings. The summed E-state index contributed by atoms with van der Waals surface area (Å²) >= 11 is 0. The SMILES string of the molecule is C#CCNC(=O)c1cccc2c(=O)c(C)c(-c3ccccc3)oc12. The second kappa shape index (κ2) is 6.43. The van der Waals surface area contributed by atoms with Crippen LogP contribution in [0.5, 0.6) is 0 Å². The second-order valence-electron chi connectivity index (χ2n) is 5.32. The van der Waals surface area contributed by atoms with E-state index in [4.69, 9.17) is 10.8 Å². The number of fused-ring (bicyclic) bond motifs is 1. The molecule has 2 aromatic carbocycles. The van der Waals surface area contributed by atoms with Gasteiger partial charge in [-0.05, 0) is 19.1 Å². The third-order valence-electron chi connectivity index (χ3n) is 3.78. The Bertz CT molecular complexity index is 1010. The predicted molar refractivity (Wildman–Crippen MR) is 93.8 cm³/mol. The molecule has 0 bridgehead atoms. The number of carbonyl (C=O) groups excluding carboxylic acids is 1. The molecule has 4 heteroatoms. The number of amides is 1. The lowest BCUT2D eigenvalue weighted by Crippen LogP contribution is -2.24. The topological polar surface area (TPSA) is 59.3 Å². The lowest BCUT2D eigenvalue weighted by molar-refractivity contribution is 0.0959. The number of para-hydroxylation sites is 1. The zero-order valence-corrected chi connectivity index (χ0v) is 13.1. The summed E-state index contributed by atoms with van der Waals surface area (Å²) in [5.41, 5.74) is 1.70. The number of terminal acetylenes is 1. The summed E-state index contributed by atoms with van der Waals surface area (Å²) in [5, 5.41) is 2.97. The summed E-state index contributed by atoms with van der Waals surface area (Å²) < 4.78 is 5.98. The van der Waals surface area contributed by atoms with Crippen molar-refractivity contribution in [2.24, 2.45) is 0 Å². The molecule has 118 valence electrons. The molecule has 1 aromatic heterocycles. The van der Waals surface area contributed by atoms with Crippen LogP contribution in [0.25, 0.3) is 22.3 Å². The van der Waals surface area contributed by atoms with E-state index in [1.807, 2.05) is 30.3 Å². The van der Waals surface area contributed by atoms with Crippen molar-refractivity contribution < 1.29 is 9.21 Å². The molecular weight excluding hydrogens is 302 g/mol. The average molecular weight is 317 g/mol. The first-order chi connectivity index (χ1) is 11.6. The third kappa shape index (κ3) is 2.68. The van der Waals surface area contributed by atoms with E-state index in [1.165, 1.54) is 0 Å². The van der Waals surface area contributed by atoms with E-state index in [0.29, 0.717) is 16.7 Å². The number of benzene rings is 2. The summed E-state index contributed by atoms with van der Waals surface area (Å²) in [6.45, 7) is 1.83. The smallest absolute Gasteiger partial charge is 0.255 e. The summed E-state index contributed by atoms with van der Waals surface area (Å²) in [4.78, 5) is 25.0. The summed E-state index contributed by atoms with van der Waals surface area (Å²) in [7, 11) is 0. The summed E-state index contributed by atoms with van der Waals surface area (Å²) in [5.74, 6) is 2.44. The van der Waals surface area contributed by atoms with Crippen molar-refractivity contribution in [3.63, 3.8) is 0 Å². The fourth-order valence-corrected chi connectivity index (χ4v) is 2.58. The second-order valence-corrected chi connectivity index (χ2v) is 5.32. The number of nitrogens with one attached hydrogen (secondary N) is 1. The quantitative estimate of drug-likeness (QED) is 0.755. The standard InChI is InChI=1S/C20H15NO3/c1-3-12-21-20(23)16-11-7-10-15-17(22)13(2)18(24-19(15)16)14-8-5-4-6-9-14/h1,4-11H,12H2,2H3,(H,21,23). The minimum Gasteiger partial charge on any atom is -0.455 e. The van der Waals surface area contributed by atoms with E-state index >= 15 is 0 Å². The van der Waals surface area contributed by atoms with Gasteiger partial charge in [-0.2, -0.15) is 0 Å². The van der Waals surface area contributed by atoms with Crippen LogP contribution in [-0.2, 0) is 0 Å². The molecule has 0 saturated heterocycles. The van der Waals surface area contributed by atoms with Crippen LogP contribution in [0.2, 0.25) is 0 Å². The number of carbonyl (C=O) groups is 1. The summed E-state index contributed by atoms with van der Waals surface area (Å²) in [6, 6.07) is 14.3. The minimum absolute atomic E-state index is 0.108. The molecule has 24 heavy (non-hydrogen) atoms. The fraction of sp³-hybridized carbons (Fsp3) is 0.100. The van der Waals surface area contributed by atoms with Crippen LogP contribution in [0.3, 0.4) is 0 Å². The van der Waals surface area contributed by atoms with Gasteiger partial charge >= 0.3 is 0 Å². The number of rotatable bonds is 3. The Morgan fingerprint density at radius 1 is 1.17 bits per heavy atom. The molecular formula is C20H15NO3. The Morgan fingerprint density at radius 2 is 1.92 bits per heavy atom. The lowest BCUT2D eigenvalue weighted by atomic mass is 10.0. The highest BCUT2D eigenvalue weighted by Gasteiger charge is 2.17. The van der Waals surface area contributed by atoms with Crippen molar-refractivity contribution in [3.05, 3.63) is 69.9 Å². The monoisotopic (exact) mass is 317 g/mol. The molecule has 1 N–H and O–H groups in total. The molecule has 0 saturated carbocycles. The number of hydrogen-bond acceptors (Lipinski definition) is 3. The van der Waals surface area contributed by atoms with Crippen molar-refractivity contribution in [2.45, 2.75) is 6.92 Å². The summed E-state index contributed by atoms with van der Waals surface area (Å²) in [6.07, 6.45) is 5.17. The highest BCUT2D eigenvalue weighted by Crippen LogP contribution is 2.27. The van der Waals surface area contributed by atoms with Crippen LogP contribution in [0.15, 0.2) is 57.7 Å². The van der Waals surface area contributed by atoms with Crippen molar-refractivity contribution in [2.75, 3.05) is 6.54 Å². The van der Waals surface area contributed by atoms with Gasteiger partial charge in [0.1, 0.15) is 5.76 Å². The Labute approximate surface area is 139 Å². The molecule has 0 aliphatic rings. The molecule has 0 atom stereocenters. The molecule has 0 spiro atoms. The average Bonchev–Trinajstić information content (AvgIpc) is 2.63. The van der Waals surface area contributed by atoms with E-state index in [9.17, 15) is 9.59 Å². The van der Waals surface area contributed by atoms with Crippen LogP contribution in [-0.4, -0.2) is 12.5 Å². The Hall–Kier alpha value is -3.32. The maximum Gasteiger partial charge on any atom is 0.255 e. The molecule has 0 aliphatic carbocycles. The molecule has 0 unspecified atom stereocenters. The van der Waals surface area contributed by atoms with Gasteiger partial charge in [-0.3, -0.25) is 9.59 Å². The molecule has 0 radical (unpaired) electrons. The van der Waals surface area contributed by atoms with Gasteiger partial charge in [-0.1, -0.05) is 42.3 Å². The van der Waals surface area contributed by atoms with Crippen LogP contribution in [0.4, 0.5) is 0 Å². The Balaban J connectivity index is 2.27. The normalized spacial score (nSPS) is 10.3.